The van der Waals surface area contributed by atoms with E-state index in [1.165, 1.54) is 17.4 Å². The first-order valence-corrected chi connectivity index (χ1v) is 8.47. The van der Waals surface area contributed by atoms with Crippen LogP contribution in [0.3, 0.4) is 0 Å². The number of benzene rings is 1. The van der Waals surface area contributed by atoms with E-state index in [0.717, 1.165) is 5.01 Å². The first-order valence-electron chi connectivity index (χ1n) is 5.69. The molecule has 0 aliphatic carbocycles. The smallest absolute Gasteiger partial charge is 0.241 e. The van der Waals surface area contributed by atoms with Gasteiger partial charge in [-0.2, -0.15) is 0 Å². The maximum atomic E-state index is 12.3. The minimum Gasteiger partial charge on any atom is -0.389 e. The van der Waals surface area contributed by atoms with Gasteiger partial charge in [-0.15, -0.1) is 11.3 Å². The Kier molecular flexibility index (Phi) is 4.48. The summed E-state index contributed by atoms with van der Waals surface area (Å²) in [4.78, 5) is 4.34. The molecule has 1 aromatic heterocycles. The second-order valence-electron chi connectivity index (χ2n) is 4.04. The van der Waals surface area contributed by atoms with Crippen LogP contribution < -0.4 is 10.5 Å². The Labute approximate surface area is 126 Å². The summed E-state index contributed by atoms with van der Waals surface area (Å²) in [6.45, 7) is 2.00. The third kappa shape index (κ3) is 3.40. The number of nitrogens with zero attached hydrogens (tertiary/aromatic N) is 1. The summed E-state index contributed by atoms with van der Waals surface area (Å²) in [6.07, 6.45) is 0. The summed E-state index contributed by atoms with van der Waals surface area (Å²) in [6, 6.07) is 6.38. The second kappa shape index (κ2) is 5.96. The van der Waals surface area contributed by atoms with Crippen molar-refractivity contribution in [2.24, 2.45) is 5.73 Å². The normalized spacial score (nSPS) is 11.4. The van der Waals surface area contributed by atoms with Crippen molar-refractivity contribution in [3.63, 3.8) is 0 Å². The third-order valence-electron chi connectivity index (χ3n) is 2.55. The Bertz CT molecular complexity index is 738. The van der Waals surface area contributed by atoms with Gasteiger partial charge in [0.1, 0.15) is 4.99 Å². The molecule has 0 aliphatic rings. The minimum absolute atomic E-state index is 0.0514. The summed E-state index contributed by atoms with van der Waals surface area (Å²) < 4.78 is 27.1. The molecule has 8 heteroatoms. The van der Waals surface area contributed by atoms with E-state index in [9.17, 15) is 8.42 Å². The summed E-state index contributed by atoms with van der Waals surface area (Å²) in [5, 5.41) is 2.71. The lowest BCUT2D eigenvalue weighted by Crippen LogP contribution is -2.26. The highest BCUT2D eigenvalue weighted by molar-refractivity contribution is 7.89. The molecule has 0 amide bonds. The van der Waals surface area contributed by atoms with Crippen molar-refractivity contribution in [1.82, 2.24) is 9.71 Å². The van der Waals surface area contributed by atoms with Crippen molar-refractivity contribution in [3.8, 4) is 0 Å². The van der Waals surface area contributed by atoms with Crippen molar-refractivity contribution in [1.29, 1.82) is 0 Å². The van der Waals surface area contributed by atoms with E-state index in [1.54, 1.807) is 18.2 Å². The first kappa shape index (κ1) is 15.0. The van der Waals surface area contributed by atoms with Crippen LogP contribution in [0.5, 0.6) is 0 Å². The Morgan fingerprint density at radius 2 is 2.15 bits per heavy atom. The zero-order valence-corrected chi connectivity index (χ0v) is 13.1. The van der Waals surface area contributed by atoms with E-state index in [2.05, 4.69) is 9.71 Å². The monoisotopic (exact) mass is 327 g/mol. The quantitative estimate of drug-likeness (QED) is 0.814. The Morgan fingerprint density at radius 3 is 2.75 bits per heavy atom. The Hall–Kier alpha value is -1.35. The van der Waals surface area contributed by atoms with E-state index in [-0.39, 0.29) is 16.4 Å². The predicted molar refractivity (Wildman–Crippen MR) is 83.2 cm³/mol. The predicted octanol–water partition coefficient (Wildman–Crippen LogP) is 1.56. The fourth-order valence-corrected chi connectivity index (χ4v) is 3.71. The van der Waals surface area contributed by atoms with Gasteiger partial charge in [0, 0.05) is 10.9 Å². The van der Waals surface area contributed by atoms with Crippen LogP contribution in [0.4, 0.5) is 0 Å². The molecule has 1 heterocycles. The van der Waals surface area contributed by atoms with Crippen molar-refractivity contribution in [2.75, 3.05) is 0 Å². The number of nitrogens with two attached hydrogens (primary N) is 1. The van der Waals surface area contributed by atoms with Gasteiger partial charge in [-0.05, 0) is 13.0 Å². The number of rotatable bonds is 5. The van der Waals surface area contributed by atoms with Crippen LogP contribution in [0.25, 0.3) is 0 Å². The molecule has 0 saturated heterocycles. The maximum Gasteiger partial charge on any atom is 0.241 e. The molecule has 0 unspecified atom stereocenters. The largest absolute Gasteiger partial charge is 0.389 e. The topological polar surface area (TPSA) is 85.1 Å². The van der Waals surface area contributed by atoms with E-state index in [4.69, 9.17) is 18.0 Å². The molecule has 2 aromatic rings. The van der Waals surface area contributed by atoms with Crippen LogP contribution in [-0.4, -0.2) is 18.4 Å². The van der Waals surface area contributed by atoms with E-state index in [1.807, 2.05) is 12.3 Å². The zero-order chi connectivity index (χ0) is 14.8. The number of thiocarbonyl (C=S) groups is 1. The molecule has 0 spiro atoms. The van der Waals surface area contributed by atoms with Gasteiger partial charge in [0.05, 0.1) is 22.1 Å². The van der Waals surface area contributed by atoms with Gasteiger partial charge in [0.15, 0.2) is 0 Å². The fourth-order valence-electron chi connectivity index (χ4n) is 1.64. The highest BCUT2D eigenvalue weighted by Gasteiger charge is 2.19. The van der Waals surface area contributed by atoms with Crippen LogP contribution in [0.1, 0.15) is 16.3 Å². The second-order valence-corrected chi connectivity index (χ2v) is 7.28. The van der Waals surface area contributed by atoms with E-state index in [0.29, 0.717) is 11.3 Å². The number of sulfonamides is 1. The average Bonchev–Trinajstić information content (AvgIpc) is 2.82. The van der Waals surface area contributed by atoms with Crippen LogP contribution in [0, 0.1) is 6.92 Å². The zero-order valence-electron chi connectivity index (χ0n) is 10.7. The van der Waals surface area contributed by atoms with Crippen molar-refractivity contribution in [3.05, 3.63) is 45.9 Å². The molecule has 0 saturated carbocycles. The van der Waals surface area contributed by atoms with Gasteiger partial charge in [-0.3, -0.25) is 0 Å². The molecule has 0 atom stereocenters. The fraction of sp³-hybridized carbons (Fsp3) is 0.167. The summed E-state index contributed by atoms with van der Waals surface area (Å²) in [5.41, 5.74) is 6.57. The lowest BCUT2D eigenvalue weighted by Gasteiger charge is -2.09. The average molecular weight is 327 g/mol. The lowest BCUT2D eigenvalue weighted by molar-refractivity contribution is 0.580. The number of hydrogen-bond acceptors (Lipinski definition) is 5. The molecule has 3 N–H and O–H groups in total. The molecular formula is C12H13N3O2S3. The molecule has 0 aliphatic heterocycles. The van der Waals surface area contributed by atoms with Gasteiger partial charge >= 0.3 is 0 Å². The molecule has 0 radical (unpaired) electrons. The van der Waals surface area contributed by atoms with Crippen LogP contribution in [0.2, 0.25) is 0 Å². The van der Waals surface area contributed by atoms with Gasteiger partial charge in [-0.1, -0.05) is 30.4 Å². The lowest BCUT2D eigenvalue weighted by atomic mass is 10.2. The molecule has 5 nitrogen and oxygen atoms in total. The minimum atomic E-state index is -3.68. The van der Waals surface area contributed by atoms with Crippen LogP contribution in [-0.2, 0) is 16.6 Å². The SMILES string of the molecule is Cc1nc(CNS(=O)(=O)c2ccccc2C(N)=S)cs1. The highest BCUT2D eigenvalue weighted by Crippen LogP contribution is 2.16. The van der Waals surface area contributed by atoms with Gasteiger partial charge < -0.3 is 5.73 Å². The molecule has 0 fully saturated rings. The molecular weight excluding hydrogens is 314 g/mol. The molecule has 20 heavy (non-hydrogen) atoms. The van der Waals surface area contributed by atoms with E-state index >= 15 is 0 Å². The third-order valence-corrected chi connectivity index (χ3v) is 5.05. The van der Waals surface area contributed by atoms with Crippen molar-refractivity contribution >= 4 is 38.6 Å². The number of nitrogens with one attached hydrogen (secondary N) is 1. The highest BCUT2D eigenvalue weighted by atomic mass is 32.2. The van der Waals surface area contributed by atoms with Crippen molar-refractivity contribution in [2.45, 2.75) is 18.4 Å². The number of aryl methyl sites for hydroxylation is 1. The summed E-state index contributed by atoms with van der Waals surface area (Å²) >= 11 is 6.35. The summed E-state index contributed by atoms with van der Waals surface area (Å²) in [7, 11) is -3.68. The summed E-state index contributed by atoms with van der Waals surface area (Å²) in [5.74, 6) is 0. The van der Waals surface area contributed by atoms with Crippen LogP contribution in [0.15, 0.2) is 34.5 Å². The van der Waals surface area contributed by atoms with E-state index < -0.39 is 10.0 Å². The first-order chi connectivity index (χ1) is 9.40. The van der Waals surface area contributed by atoms with Gasteiger partial charge in [0.25, 0.3) is 0 Å². The Morgan fingerprint density at radius 1 is 1.45 bits per heavy atom. The van der Waals surface area contributed by atoms with Gasteiger partial charge in [-0.25, -0.2) is 18.1 Å². The number of thiazole rings is 1. The molecule has 1 aromatic carbocycles. The molecule has 2 rings (SSSR count). The molecule has 0 bridgehead atoms. The number of aromatic nitrogens is 1. The molecule has 106 valence electrons. The van der Waals surface area contributed by atoms with Crippen LogP contribution >= 0.6 is 23.6 Å². The van der Waals surface area contributed by atoms with Gasteiger partial charge in [0.2, 0.25) is 10.0 Å². The number of hydrogen-bond donors (Lipinski definition) is 2. The maximum absolute atomic E-state index is 12.3. The van der Waals surface area contributed by atoms with Crippen molar-refractivity contribution < 1.29 is 8.42 Å². The Balaban J connectivity index is 2.25. The standard InChI is InChI=1S/C12H13N3O2S3/c1-8-15-9(7-19-8)6-14-20(16,17)11-5-3-2-4-10(11)12(13)18/h2-5,7,14H,6H2,1H3,(H2,13,18).